The van der Waals surface area contributed by atoms with Crippen LogP contribution in [0.5, 0.6) is 0 Å². The molecule has 130 valence electrons. The zero-order chi connectivity index (χ0) is 18.1. The van der Waals surface area contributed by atoms with Crippen molar-refractivity contribution in [3.8, 4) is 0 Å². The fourth-order valence-corrected chi connectivity index (χ4v) is 2.84. The molecule has 2 nitrogen and oxygen atoms in total. The Labute approximate surface area is 151 Å². The van der Waals surface area contributed by atoms with Gasteiger partial charge in [0.1, 0.15) is 0 Å². The highest BCUT2D eigenvalue weighted by atomic mass is 16.2. The quantitative estimate of drug-likeness (QED) is 0.625. The van der Waals surface area contributed by atoms with Crippen LogP contribution in [0.1, 0.15) is 28.7 Å². The van der Waals surface area contributed by atoms with Crippen molar-refractivity contribution in [2.45, 2.75) is 26.7 Å². The van der Waals surface area contributed by atoms with Crippen LogP contribution >= 0.6 is 0 Å². The molecule has 1 amide bonds. The maximum Gasteiger partial charge on any atom is 0.226 e. The monoisotopic (exact) mass is 333 g/mol. The zero-order valence-corrected chi connectivity index (χ0v) is 15.2. The SMILES string of the molecule is C=CCN(CCc1ccc(C)cc1C)C(=O)C/C=C/c1ccccc1. The third-order valence-corrected chi connectivity index (χ3v) is 4.25. The second-order valence-corrected chi connectivity index (χ2v) is 6.33. The molecule has 0 atom stereocenters. The van der Waals surface area contributed by atoms with E-state index >= 15 is 0 Å². The molecule has 2 aromatic rings. The fraction of sp³-hybridized carbons (Fsp3) is 0.261. The molecule has 0 N–H and O–H groups in total. The van der Waals surface area contributed by atoms with Crippen LogP contribution in [0.4, 0.5) is 0 Å². The Morgan fingerprint density at radius 2 is 1.88 bits per heavy atom. The summed E-state index contributed by atoms with van der Waals surface area (Å²) in [6.45, 7) is 9.32. The first-order chi connectivity index (χ1) is 12.1. The van der Waals surface area contributed by atoms with Crippen LogP contribution in [0.2, 0.25) is 0 Å². The van der Waals surface area contributed by atoms with Crippen LogP contribution in [0.25, 0.3) is 6.08 Å². The minimum absolute atomic E-state index is 0.136. The molecular weight excluding hydrogens is 306 g/mol. The maximum absolute atomic E-state index is 12.5. The number of carbonyl (C=O) groups excluding carboxylic acids is 1. The Morgan fingerprint density at radius 3 is 2.56 bits per heavy atom. The van der Waals surface area contributed by atoms with E-state index in [4.69, 9.17) is 0 Å². The van der Waals surface area contributed by atoms with Gasteiger partial charge in [-0.1, -0.05) is 72.3 Å². The summed E-state index contributed by atoms with van der Waals surface area (Å²) in [7, 11) is 0. The second-order valence-electron chi connectivity index (χ2n) is 6.33. The summed E-state index contributed by atoms with van der Waals surface area (Å²) in [5.41, 5.74) is 4.97. The van der Waals surface area contributed by atoms with Crippen LogP contribution in [0.3, 0.4) is 0 Å². The van der Waals surface area contributed by atoms with E-state index < -0.39 is 0 Å². The molecular formula is C23H27NO. The van der Waals surface area contributed by atoms with Gasteiger partial charge < -0.3 is 4.90 Å². The van der Waals surface area contributed by atoms with E-state index in [1.807, 2.05) is 47.4 Å². The first-order valence-corrected chi connectivity index (χ1v) is 8.76. The Balaban J connectivity index is 1.93. The average Bonchev–Trinajstić information content (AvgIpc) is 2.60. The molecule has 0 aromatic heterocycles. The molecule has 0 aliphatic heterocycles. The average molecular weight is 333 g/mol. The van der Waals surface area contributed by atoms with Gasteiger partial charge in [-0.05, 0) is 37.0 Å². The minimum atomic E-state index is 0.136. The van der Waals surface area contributed by atoms with Crippen molar-refractivity contribution in [1.29, 1.82) is 0 Å². The summed E-state index contributed by atoms with van der Waals surface area (Å²) in [4.78, 5) is 14.4. The van der Waals surface area contributed by atoms with Gasteiger partial charge in [-0.25, -0.2) is 0 Å². The molecule has 0 aliphatic rings. The lowest BCUT2D eigenvalue weighted by Gasteiger charge is -2.21. The number of nitrogens with zero attached hydrogens (tertiary/aromatic N) is 1. The third-order valence-electron chi connectivity index (χ3n) is 4.25. The molecule has 0 radical (unpaired) electrons. The normalized spacial score (nSPS) is 10.8. The molecule has 2 aromatic carbocycles. The van der Waals surface area contributed by atoms with Gasteiger partial charge in [-0.15, -0.1) is 6.58 Å². The molecule has 0 unspecified atom stereocenters. The summed E-state index contributed by atoms with van der Waals surface area (Å²) in [6, 6.07) is 16.5. The van der Waals surface area contributed by atoms with Gasteiger partial charge in [0, 0.05) is 19.5 Å². The Hall–Kier alpha value is -2.61. The van der Waals surface area contributed by atoms with E-state index in [-0.39, 0.29) is 5.91 Å². The largest absolute Gasteiger partial charge is 0.338 e. The lowest BCUT2D eigenvalue weighted by molar-refractivity contribution is -0.129. The van der Waals surface area contributed by atoms with E-state index in [1.165, 1.54) is 16.7 Å². The van der Waals surface area contributed by atoms with Gasteiger partial charge in [-0.2, -0.15) is 0 Å². The first-order valence-electron chi connectivity index (χ1n) is 8.76. The molecule has 0 saturated carbocycles. The summed E-state index contributed by atoms with van der Waals surface area (Å²) in [5, 5.41) is 0. The fourth-order valence-electron chi connectivity index (χ4n) is 2.84. The van der Waals surface area contributed by atoms with Crippen LogP contribution in [-0.2, 0) is 11.2 Å². The highest BCUT2D eigenvalue weighted by Crippen LogP contribution is 2.12. The van der Waals surface area contributed by atoms with Crippen molar-refractivity contribution >= 4 is 12.0 Å². The van der Waals surface area contributed by atoms with Crippen molar-refractivity contribution in [3.63, 3.8) is 0 Å². The maximum atomic E-state index is 12.5. The second kappa shape index (κ2) is 9.63. The standard InChI is InChI=1S/C23H27NO/c1-4-16-24(17-15-22-14-13-19(2)18-20(22)3)23(25)12-8-11-21-9-6-5-7-10-21/h4-11,13-14,18H,1,12,15-17H2,2-3H3/b11-8+. The van der Waals surface area contributed by atoms with Gasteiger partial charge in [0.25, 0.3) is 0 Å². The van der Waals surface area contributed by atoms with Crippen LogP contribution in [0.15, 0.2) is 67.3 Å². The molecule has 0 saturated heterocycles. The molecule has 2 heteroatoms. The van der Waals surface area contributed by atoms with Gasteiger partial charge in [0.05, 0.1) is 0 Å². The van der Waals surface area contributed by atoms with Crippen molar-refractivity contribution in [1.82, 2.24) is 4.90 Å². The van der Waals surface area contributed by atoms with Crippen LogP contribution < -0.4 is 0 Å². The molecule has 0 heterocycles. The van der Waals surface area contributed by atoms with Crippen molar-refractivity contribution in [3.05, 3.63) is 89.5 Å². The smallest absolute Gasteiger partial charge is 0.226 e. The number of hydrogen-bond acceptors (Lipinski definition) is 1. The zero-order valence-electron chi connectivity index (χ0n) is 15.2. The molecule has 2 rings (SSSR count). The molecule has 0 aliphatic carbocycles. The van der Waals surface area contributed by atoms with E-state index in [9.17, 15) is 4.79 Å². The number of hydrogen-bond donors (Lipinski definition) is 0. The number of amides is 1. The summed E-state index contributed by atoms with van der Waals surface area (Å²) >= 11 is 0. The highest BCUT2D eigenvalue weighted by Gasteiger charge is 2.11. The molecule has 0 fully saturated rings. The lowest BCUT2D eigenvalue weighted by atomic mass is 10.0. The summed E-state index contributed by atoms with van der Waals surface area (Å²) in [5.74, 6) is 0.136. The van der Waals surface area contributed by atoms with Crippen molar-refractivity contribution < 1.29 is 4.79 Å². The van der Waals surface area contributed by atoms with Gasteiger partial charge in [0.2, 0.25) is 5.91 Å². The summed E-state index contributed by atoms with van der Waals surface area (Å²) < 4.78 is 0. The van der Waals surface area contributed by atoms with E-state index in [2.05, 4.69) is 38.6 Å². The minimum Gasteiger partial charge on any atom is -0.338 e. The number of benzene rings is 2. The molecule has 0 spiro atoms. The van der Waals surface area contributed by atoms with Crippen molar-refractivity contribution in [2.24, 2.45) is 0 Å². The number of carbonyl (C=O) groups is 1. The molecule has 25 heavy (non-hydrogen) atoms. The molecule has 0 bridgehead atoms. The van der Waals surface area contributed by atoms with Gasteiger partial charge >= 0.3 is 0 Å². The van der Waals surface area contributed by atoms with E-state index in [0.717, 1.165) is 12.0 Å². The Morgan fingerprint density at radius 1 is 1.12 bits per heavy atom. The Bertz CT molecular complexity index is 731. The van der Waals surface area contributed by atoms with Crippen LogP contribution in [0, 0.1) is 13.8 Å². The predicted molar refractivity (Wildman–Crippen MR) is 106 cm³/mol. The lowest BCUT2D eigenvalue weighted by Crippen LogP contribution is -2.32. The van der Waals surface area contributed by atoms with E-state index in [1.54, 1.807) is 6.08 Å². The number of aryl methyl sites for hydroxylation is 2. The van der Waals surface area contributed by atoms with E-state index in [0.29, 0.717) is 19.5 Å². The van der Waals surface area contributed by atoms with Crippen LogP contribution in [-0.4, -0.2) is 23.9 Å². The highest BCUT2D eigenvalue weighted by molar-refractivity contribution is 5.78. The first kappa shape index (κ1) is 18.7. The summed E-state index contributed by atoms with van der Waals surface area (Å²) in [6.07, 6.45) is 7.00. The van der Waals surface area contributed by atoms with Gasteiger partial charge in [-0.3, -0.25) is 4.79 Å². The number of rotatable bonds is 8. The van der Waals surface area contributed by atoms with Crippen molar-refractivity contribution in [2.75, 3.05) is 13.1 Å². The Kier molecular flexibility index (Phi) is 7.21. The third kappa shape index (κ3) is 6.07. The van der Waals surface area contributed by atoms with Gasteiger partial charge in [0.15, 0.2) is 0 Å². The predicted octanol–water partition coefficient (Wildman–Crippen LogP) is 4.96. The topological polar surface area (TPSA) is 20.3 Å².